The summed E-state index contributed by atoms with van der Waals surface area (Å²) in [5.41, 5.74) is 11.3. The number of thioether (sulfide) groups is 1. The van der Waals surface area contributed by atoms with Crippen molar-refractivity contribution in [1.29, 1.82) is 0 Å². The van der Waals surface area contributed by atoms with Crippen LogP contribution < -0.4 is 18.9 Å². The summed E-state index contributed by atoms with van der Waals surface area (Å²) in [7, 11) is 13.9. The second-order valence-electron chi connectivity index (χ2n) is 18.9. The molecule has 0 fully saturated rings. The maximum absolute atomic E-state index is 9.90. The molecule has 11 heteroatoms. The minimum absolute atomic E-state index is 0.166. The van der Waals surface area contributed by atoms with Gasteiger partial charge >= 0.3 is 5.97 Å². The van der Waals surface area contributed by atoms with E-state index >= 15 is 0 Å². The molecule has 0 saturated heterocycles. The van der Waals surface area contributed by atoms with Gasteiger partial charge in [0.25, 0.3) is 0 Å². The van der Waals surface area contributed by atoms with Gasteiger partial charge in [-0.1, -0.05) is 90.2 Å². The van der Waals surface area contributed by atoms with Crippen LogP contribution in [0.2, 0.25) is 0 Å². The summed E-state index contributed by atoms with van der Waals surface area (Å²) < 4.78 is 8.08. The first kappa shape index (κ1) is 51.1. The number of unbranched alkanes of at least 4 members (excludes halogenated alkanes) is 2. The fourth-order valence-corrected chi connectivity index (χ4v) is 10.8. The number of anilines is 2. The number of aliphatic carboxylic acids is 1. The van der Waals surface area contributed by atoms with E-state index in [1.165, 1.54) is 98.1 Å². The molecule has 0 radical (unpaired) electrons. The van der Waals surface area contributed by atoms with Crippen LogP contribution in [0.25, 0.3) is 32.8 Å². The van der Waals surface area contributed by atoms with Gasteiger partial charge < -0.3 is 29.0 Å². The van der Waals surface area contributed by atoms with Crippen molar-refractivity contribution < 1.29 is 33.1 Å². The predicted molar refractivity (Wildman–Crippen MR) is 283 cm³/mol. The van der Waals surface area contributed by atoms with Gasteiger partial charge in [0, 0.05) is 80.0 Å². The first-order valence-corrected chi connectivity index (χ1v) is 25.6. The van der Waals surface area contributed by atoms with Crippen molar-refractivity contribution in [2.75, 3.05) is 84.4 Å². The Morgan fingerprint density at radius 1 is 0.746 bits per heavy atom. The van der Waals surface area contributed by atoms with Crippen LogP contribution in [0.4, 0.5) is 11.4 Å². The molecule has 0 atom stereocenters. The second-order valence-corrected chi connectivity index (χ2v) is 20.9. The van der Waals surface area contributed by atoms with E-state index in [1.807, 2.05) is 11.8 Å². The van der Waals surface area contributed by atoms with Crippen molar-refractivity contribution in [2.45, 2.75) is 63.3 Å². The molecular weight excluding hydrogens is 869 g/mol. The molecule has 0 unspecified atom stereocenters. The number of allylic oxidation sites excluding steroid dienone is 3. The topological polar surface area (TPSA) is 71.8 Å². The number of carbonyl (C=O) groups is 1. The fraction of sp³-hybridized carbons (Fsp3) is 0.375. The highest BCUT2D eigenvalue weighted by Crippen LogP contribution is 2.45. The molecule has 67 heavy (non-hydrogen) atoms. The molecule has 4 heterocycles. The number of hydrogen-bond acceptors (Lipinski definition) is 6. The van der Waals surface area contributed by atoms with Crippen LogP contribution >= 0.6 is 23.1 Å². The number of aliphatic hydroxyl groups is 1. The molecule has 0 aliphatic carbocycles. The number of aryl methyl sites for hydroxylation is 2. The van der Waals surface area contributed by atoms with Crippen molar-refractivity contribution >= 4 is 73.2 Å². The van der Waals surface area contributed by atoms with E-state index in [0.717, 1.165) is 34.9 Å². The number of quaternary nitrogens is 2. The van der Waals surface area contributed by atoms with Gasteiger partial charge in [-0.3, -0.25) is 4.79 Å². The Morgan fingerprint density at radius 3 is 2.12 bits per heavy atom. The lowest BCUT2D eigenvalue weighted by Gasteiger charge is -2.34. The molecule has 8 rings (SSSR count). The Morgan fingerprint density at radius 2 is 1.40 bits per heavy atom. The number of para-hydroxylation sites is 4. The van der Waals surface area contributed by atoms with Crippen LogP contribution in [0, 0.1) is 0 Å². The number of pyridine rings is 1. The summed E-state index contributed by atoms with van der Waals surface area (Å²) in [4.78, 5) is 16.0. The Kier molecular flexibility index (Phi) is 18.8. The van der Waals surface area contributed by atoms with Gasteiger partial charge in [0.15, 0.2) is 12.7 Å². The van der Waals surface area contributed by atoms with E-state index in [4.69, 9.17) is 10.2 Å². The molecule has 9 nitrogen and oxygen atoms in total. The van der Waals surface area contributed by atoms with Crippen LogP contribution in [-0.2, 0) is 18.4 Å². The molecule has 2 aromatic heterocycles. The van der Waals surface area contributed by atoms with Crippen molar-refractivity contribution in [3.63, 3.8) is 0 Å². The fourth-order valence-electron chi connectivity index (χ4n) is 8.86. The van der Waals surface area contributed by atoms with E-state index in [2.05, 4.69) is 207 Å². The summed E-state index contributed by atoms with van der Waals surface area (Å²) in [6.07, 6.45) is 17.4. The zero-order valence-corrected chi connectivity index (χ0v) is 42.6. The third-order valence-electron chi connectivity index (χ3n) is 12.8. The number of carboxylic acids is 1. The lowest BCUT2D eigenvalue weighted by atomic mass is 10.00. The Balaban J connectivity index is 0.000000321. The number of hydrogen-bond donors (Lipinski definition) is 2. The summed E-state index contributed by atoms with van der Waals surface area (Å²) in [6, 6.07) is 37.0. The first-order valence-electron chi connectivity index (χ1n) is 23.9. The number of thiazole rings is 1. The molecular formula is C56H74N6O3S2+4. The Labute approximate surface area is 408 Å². The van der Waals surface area contributed by atoms with Crippen LogP contribution in [0.3, 0.4) is 0 Å². The molecule has 0 spiro atoms. The highest BCUT2D eigenvalue weighted by molar-refractivity contribution is 8.03. The molecule has 2 N–H and O–H groups in total. The maximum Gasteiger partial charge on any atom is 0.303 e. The lowest BCUT2D eigenvalue weighted by Crippen LogP contribution is -2.47. The zero-order valence-electron chi connectivity index (χ0n) is 41.0. The number of benzene rings is 4. The summed E-state index contributed by atoms with van der Waals surface area (Å²) in [5.74, 6) is -0.757. The largest absolute Gasteiger partial charge is 0.481 e. The number of aromatic nitrogens is 2. The number of rotatable bonds is 18. The number of fused-ring (bicyclic) bond motifs is 4. The average molecular weight is 943 g/mol. The minimum atomic E-state index is -0.757. The third-order valence-corrected chi connectivity index (χ3v) is 14.9. The van der Waals surface area contributed by atoms with Gasteiger partial charge in [0.2, 0.25) is 16.5 Å². The highest BCUT2D eigenvalue weighted by atomic mass is 32.2. The minimum Gasteiger partial charge on any atom is -0.481 e. The monoisotopic (exact) mass is 943 g/mol. The quantitative estimate of drug-likeness (QED) is 0.0508. The van der Waals surface area contributed by atoms with E-state index in [0.29, 0.717) is 12.8 Å². The molecule has 0 amide bonds. The van der Waals surface area contributed by atoms with E-state index < -0.39 is 5.97 Å². The van der Waals surface area contributed by atoms with Gasteiger partial charge in [-0.05, 0) is 73.4 Å². The molecule has 2 aliphatic rings. The second kappa shape index (κ2) is 24.6. The van der Waals surface area contributed by atoms with Crippen LogP contribution in [-0.4, -0.2) is 99.7 Å². The Bertz CT molecular complexity index is 2650. The van der Waals surface area contributed by atoms with Gasteiger partial charge in [-0.2, -0.15) is 9.13 Å². The number of nitrogens with zero attached hydrogens (tertiary/aromatic N) is 6. The van der Waals surface area contributed by atoms with E-state index in [1.54, 1.807) is 11.3 Å². The van der Waals surface area contributed by atoms with Crippen LogP contribution in [0.1, 0.15) is 63.0 Å². The van der Waals surface area contributed by atoms with Crippen molar-refractivity contribution in [3.05, 3.63) is 149 Å². The van der Waals surface area contributed by atoms with Gasteiger partial charge in [-0.25, -0.2) is 0 Å². The highest BCUT2D eigenvalue weighted by Gasteiger charge is 2.24. The van der Waals surface area contributed by atoms with Crippen LogP contribution in [0.5, 0.6) is 0 Å². The van der Waals surface area contributed by atoms with Crippen LogP contribution in [0.15, 0.2) is 143 Å². The normalized spacial score (nSPS) is 14.5. The van der Waals surface area contributed by atoms with Crippen molar-refractivity contribution in [2.24, 2.45) is 7.05 Å². The Hall–Kier alpha value is -5.30. The smallest absolute Gasteiger partial charge is 0.303 e. The lowest BCUT2D eigenvalue weighted by molar-refractivity contribution is -0.910. The molecule has 0 bridgehead atoms. The zero-order chi connectivity index (χ0) is 47.8. The first-order chi connectivity index (χ1) is 32.3. The predicted octanol–water partition coefficient (Wildman–Crippen LogP) is 10.8. The number of carboxylic acid groups (broad SMARTS) is 1. The van der Waals surface area contributed by atoms with E-state index in [9.17, 15) is 4.79 Å². The molecule has 0 saturated carbocycles. The standard InChI is InChI=1S/C42H54N5S.C8H8NS.C6H12O3/c1-7-34-23-27-44(38-19-10-8-17-36(34)38)25-14-29-46(3,4)31-16-32-47(5,6)30-15-26-45-28-24-35(37-18-9-11-20-39(37)45)33-42-43(2)40-21-12-13-22-41(40)48-42;1-9-6-10-8-5-3-2-4-7(8)9;7-5-3-1-2-4-6(8)9/h7-13,17-24,27-28,33H,14-16,25-26,29-32H2,1-6H3;2-6H,1H3;7H,1-5H2,(H,8,9)/q+3;+1;/b34-7+;;. The SMILES string of the molecule is C/C=C1\C=CN(CCC[N+](C)(C)CCC[N+](C)(C)CCC[n+]2ccc(C=C3Sc4ccccc4N3C)c3ccccc32)c2ccccc21.C[n+]1csc2ccccc21.O=C(O)CCCCCO. The molecule has 6 aromatic rings. The van der Waals surface area contributed by atoms with E-state index in [-0.39, 0.29) is 13.0 Å². The van der Waals surface area contributed by atoms with Gasteiger partial charge in [-0.15, -0.1) is 0 Å². The van der Waals surface area contributed by atoms with Crippen molar-refractivity contribution in [1.82, 2.24) is 0 Å². The summed E-state index contributed by atoms with van der Waals surface area (Å²) in [6.45, 7) is 9.17. The maximum atomic E-state index is 9.90. The average Bonchev–Trinajstić information content (AvgIpc) is 3.86. The van der Waals surface area contributed by atoms with Gasteiger partial charge in [0.1, 0.15) is 11.7 Å². The molecule has 354 valence electrons. The number of aliphatic hydroxyl groups excluding tert-OH is 1. The molecule has 2 aliphatic heterocycles. The summed E-state index contributed by atoms with van der Waals surface area (Å²) in [5, 5.41) is 19.0. The van der Waals surface area contributed by atoms with Crippen molar-refractivity contribution in [3.8, 4) is 0 Å². The van der Waals surface area contributed by atoms with Gasteiger partial charge in [0.05, 0.1) is 76.9 Å². The summed E-state index contributed by atoms with van der Waals surface area (Å²) >= 11 is 3.63. The molecule has 4 aromatic carbocycles. The third kappa shape index (κ3) is 14.6.